The first-order valence-electron chi connectivity index (χ1n) is 9.13. The van der Waals surface area contributed by atoms with Gasteiger partial charge in [-0.1, -0.05) is 17.7 Å². The number of ether oxygens (including phenoxy) is 2. The Hall–Kier alpha value is -2.86. The van der Waals surface area contributed by atoms with Crippen molar-refractivity contribution in [1.82, 2.24) is 10.3 Å². The number of benzene rings is 2. The van der Waals surface area contributed by atoms with Gasteiger partial charge < -0.3 is 14.8 Å². The van der Waals surface area contributed by atoms with Gasteiger partial charge in [-0.25, -0.2) is 4.98 Å². The van der Waals surface area contributed by atoms with Crippen molar-refractivity contribution >= 4 is 17.2 Å². The average Bonchev–Trinajstić information content (AvgIpc) is 3.10. The summed E-state index contributed by atoms with van der Waals surface area (Å²) < 4.78 is 11.4. The van der Waals surface area contributed by atoms with E-state index in [1.807, 2.05) is 38.3 Å². The van der Waals surface area contributed by atoms with Crippen LogP contribution < -0.4 is 14.8 Å². The fourth-order valence-electron chi connectivity index (χ4n) is 2.72. The van der Waals surface area contributed by atoms with Crippen molar-refractivity contribution in [3.63, 3.8) is 0 Å². The number of hydrogen-bond donors (Lipinski definition) is 1. The van der Waals surface area contributed by atoms with Gasteiger partial charge in [0, 0.05) is 10.9 Å². The molecule has 6 heteroatoms. The van der Waals surface area contributed by atoms with Gasteiger partial charge in [-0.2, -0.15) is 0 Å². The lowest BCUT2D eigenvalue weighted by Crippen LogP contribution is -2.28. The monoisotopic (exact) mass is 396 g/mol. The van der Waals surface area contributed by atoms with Crippen LogP contribution in [0.4, 0.5) is 0 Å². The van der Waals surface area contributed by atoms with E-state index in [1.165, 1.54) is 5.56 Å². The number of aromatic nitrogens is 1. The Morgan fingerprint density at radius 2 is 1.86 bits per heavy atom. The van der Waals surface area contributed by atoms with Gasteiger partial charge in [0.1, 0.15) is 24.7 Å². The van der Waals surface area contributed by atoms with Gasteiger partial charge in [0.05, 0.1) is 17.2 Å². The van der Waals surface area contributed by atoms with Crippen LogP contribution in [0.25, 0.3) is 0 Å². The Bertz CT molecular complexity index is 935. The Balaban J connectivity index is 1.42. The third-order valence-corrected chi connectivity index (χ3v) is 4.97. The number of hydrogen-bond acceptors (Lipinski definition) is 5. The summed E-state index contributed by atoms with van der Waals surface area (Å²) in [6.07, 6.45) is 0. The zero-order chi connectivity index (χ0) is 19.9. The number of nitrogens with one attached hydrogen (secondary N) is 1. The predicted octanol–water partition coefficient (Wildman–Crippen LogP) is 4.46. The molecule has 5 nitrogen and oxygen atoms in total. The van der Waals surface area contributed by atoms with E-state index in [4.69, 9.17) is 9.47 Å². The Morgan fingerprint density at radius 1 is 1.07 bits per heavy atom. The molecule has 0 aliphatic heterocycles. The molecule has 1 N–H and O–H groups in total. The van der Waals surface area contributed by atoms with Crippen LogP contribution in [0.3, 0.4) is 0 Å². The molecule has 1 amide bonds. The van der Waals surface area contributed by atoms with Gasteiger partial charge >= 0.3 is 0 Å². The summed E-state index contributed by atoms with van der Waals surface area (Å²) in [6, 6.07) is 13.1. The molecule has 0 saturated heterocycles. The standard InChI is InChI=1S/C22H24N2O3S/c1-15-4-9-21(16(2)12-15)26-11-10-23-22(25)18-5-7-20(8-6-18)27-13-19-14-28-17(3)24-19/h4-9,12,14H,10-11,13H2,1-3H3,(H,23,25). The molecule has 1 aromatic heterocycles. The highest BCUT2D eigenvalue weighted by molar-refractivity contribution is 7.09. The van der Waals surface area contributed by atoms with Crippen molar-refractivity contribution in [2.75, 3.05) is 13.2 Å². The number of nitrogens with zero attached hydrogens (tertiary/aromatic N) is 1. The van der Waals surface area contributed by atoms with E-state index in [0.29, 0.717) is 31.1 Å². The van der Waals surface area contributed by atoms with Crippen molar-refractivity contribution in [3.8, 4) is 11.5 Å². The largest absolute Gasteiger partial charge is 0.491 e. The number of carbonyl (C=O) groups excluding carboxylic acids is 1. The Labute approximate surface area is 169 Å². The van der Waals surface area contributed by atoms with Crippen molar-refractivity contribution in [2.45, 2.75) is 27.4 Å². The van der Waals surface area contributed by atoms with Crippen molar-refractivity contribution in [3.05, 3.63) is 75.2 Å². The first kappa shape index (κ1) is 19.9. The Morgan fingerprint density at radius 3 is 2.54 bits per heavy atom. The molecular formula is C22H24N2O3S. The van der Waals surface area contributed by atoms with Crippen LogP contribution >= 0.6 is 11.3 Å². The van der Waals surface area contributed by atoms with Gasteiger partial charge in [0.15, 0.2) is 0 Å². The molecule has 0 fully saturated rings. The molecule has 146 valence electrons. The molecule has 0 spiro atoms. The summed E-state index contributed by atoms with van der Waals surface area (Å²) in [6.45, 7) is 7.31. The molecule has 0 radical (unpaired) electrons. The van der Waals surface area contributed by atoms with Crippen LogP contribution in [-0.4, -0.2) is 24.0 Å². The highest BCUT2D eigenvalue weighted by Crippen LogP contribution is 2.18. The van der Waals surface area contributed by atoms with E-state index < -0.39 is 0 Å². The summed E-state index contributed by atoms with van der Waals surface area (Å²) in [5, 5.41) is 5.87. The first-order valence-corrected chi connectivity index (χ1v) is 10.0. The van der Waals surface area contributed by atoms with Crippen LogP contribution in [0.1, 0.15) is 32.2 Å². The van der Waals surface area contributed by atoms with E-state index in [-0.39, 0.29) is 5.91 Å². The maximum absolute atomic E-state index is 12.2. The number of amides is 1. The number of carbonyl (C=O) groups is 1. The van der Waals surface area contributed by atoms with Gasteiger partial charge in [-0.05, 0) is 56.7 Å². The molecule has 0 aliphatic carbocycles. The summed E-state index contributed by atoms with van der Waals surface area (Å²) in [5.41, 5.74) is 3.79. The van der Waals surface area contributed by atoms with E-state index in [1.54, 1.807) is 35.6 Å². The summed E-state index contributed by atoms with van der Waals surface area (Å²) in [4.78, 5) is 16.6. The van der Waals surface area contributed by atoms with E-state index >= 15 is 0 Å². The number of aryl methyl sites for hydroxylation is 3. The SMILES string of the molecule is Cc1ccc(OCCNC(=O)c2ccc(OCc3csc(C)n3)cc2)c(C)c1. The average molecular weight is 397 g/mol. The van der Waals surface area contributed by atoms with Crippen LogP contribution in [0.15, 0.2) is 47.8 Å². The second-order valence-electron chi connectivity index (χ2n) is 6.54. The zero-order valence-corrected chi connectivity index (χ0v) is 17.1. The maximum atomic E-state index is 12.2. The minimum Gasteiger partial charge on any atom is -0.491 e. The quantitative estimate of drug-likeness (QED) is 0.571. The van der Waals surface area contributed by atoms with Crippen molar-refractivity contribution < 1.29 is 14.3 Å². The number of thiazole rings is 1. The molecule has 0 saturated carbocycles. The van der Waals surface area contributed by atoms with Gasteiger partial charge in [-0.3, -0.25) is 4.79 Å². The minimum atomic E-state index is -0.133. The zero-order valence-electron chi connectivity index (χ0n) is 16.3. The smallest absolute Gasteiger partial charge is 0.251 e. The highest BCUT2D eigenvalue weighted by Gasteiger charge is 2.06. The lowest BCUT2D eigenvalue weighted by Gasteiger charge is -2.11. The fourth-order valence-corrected chi connectivity index (χ4v) is 3.32. The van der Waals surface area contributed by atoms with Gasteiger partial charge in [0.2, 0.25) is 0 Å². The lowest BCUT2D eigenvalue weighted by atomic mass is 10.1. The van der Waals surface area contributed by atoms with Gasteiger partial charge in [0.25, 0.3) is 5.91 Å². The molecule has 0 unspecified atom stereocenters. The molecule has 0 aliphatic rings. The molecule has 0 atom stereocenters. The van der Waals surface area contributed by atoms with E-state index in [2.05, 4.69) is 16.4 Å². The van der Waals surface area contributed by atoms with Crippen molar-refractivity contribution in [2.24, 2.45) is 0 Å². The van der Waals surface area contributed by atoms with Crippen molar-refractivity contribution in [1.29, 1.82) is 0 Å². The maximum Gasteiger partial charge on any atom is 0.251 e. The summed E-state index contributed by atoms with van der Waals surface area (Å²) in [5.74, 6) is 1.42. The fraction of sp³-hybridized carbons (Fsp3) is 0.273. The minimum absolute atomic E-state index is 0.133. The molecule has 3 rings (SSSR count). The third kappa shape index (κ3) is 5.57. The second-order valence-corrected chi connectivity index (χ2v) is 7.61. The van der Waals surface area contributed by atoms with E-state index in [9.17, 15) is 4.79 Å². The third-order valence-electron chi connectivity index (χ3n) is 4.15. The number of rotatable bonds is 8. The normalized spacial score (nSPS) is 10.5. The summed E-state index contributed by atoms with van der Waals surface area (Å²) in [7, 11) is 0. The van der Waals surface area contributed by atoms with Crippen LogP contribution in [0.5, 0.6) is 11.5 Å². The topological polar surface area (TPSA) is 60.5 Å². The van der Waals surface area contributed by atoms with E-state index in [0.717, 1.165) is 22.0 Å². The Kier molecular flexibility index (Phi) is 6.66. The molecule has 28 heavy (non-hydrogen) atoms. The molecule has 0 bridgehead atoms. The van der Waals surface area contributed by atoms with Crippen LogP contribution in [-0.2, 0) is 6.61 Å². The highest BCUT2D eigenvalue weighted by atomic mass is 32.1. The lowest BCUT2D eigenvalue weighted by molar-refractivity contribution is 0.0947. The predicted molar refractivity (Wildman–Crippen MR) is 111 cm³/mol. The van der Waals surface area contributed by atoms with Crippen LogP contribution in [0.2, 0.25) is 0 Å². The molecule has 2 aromatic carbocycles. The molecule has 1 heterocycles. The molecule has 3 aromatic rings. The second kappa shape index (κ2) is 9.37. The first-order chi connectivity index (χ1) is 13.5. The molecular weight excluding hydrogens is 372 g/mol. The van der Waals surface area contributed by atoms with Gasteiger partial charge in [-0.15, -0.1) is 11.3 Å². The van der Waals surface area contributed by atoms with Crippen LogP contribution in [0, 0.1) is 20.8 Å². The summed E-state index contributed by atoms with van der Waals surface area (Å²) >= 11 is 1.60.